The minimum Gasteiger partial charge on any atom is -0.491 e. The number of para-hydroxylation sites is 1. The molecule has 0 bridgehead atoms. The monoisotopic (exact) mass is 465 g/mol. The number of aromatic nitrogens is 1. The molecule has 0 radical (unpaired) electrons. The van der Waals surface area contributed by atoms with E-state index in [1.54, 1.807) is 0 Å². The molecule has 1 aromatic heterocycles. The average Bonchev–Trinajstić information content (AvgIpc) is 2.86. The fraction of sp³-hybridized carbons (Fsp3) is 0.233. The van der Waals surface area contributed by atoms with E-state index in [4.69, 9.17) is 9.72 Å². The summed E-state index contributed by atoms with van der Waals surface area (Å²) >= 11 is 0. The van der Waals surface area contributed by atoms with Gasteiger partial charge in [0.15, 0.2) is 0 Å². The lowest BCUT2D eigenvalue weighted by Crippen LogP contribution is -2.20. The number of carbonyl (C=O) groups is 1. The fourth-order valence-corrected chi connectivity index (χ4v) is 3.86. The Labute approximate surface area is 206 Å². The third-order valence-electron chi connectivity index (χ3n) is 5.80. The van der Waals surface area contributed by atoms with Gasteiger partial charge in [0.25, 0.3) is 5.91 Å². The van der Waals surface area contributed by atoms with Crippen molar-refractivity contribution < 1.29 is 9.53 Å². The lowest BCUT2D eigenvalue weighted by atomic mass is 9.99. The van der Waals surface area contributed by atoms with Crippen LogP contribution in [0.25, 0.3) is 22.2 Å². The zero-order valence-corrected chi connectivity index (χ0v) is 20.9. The van der Waals surface area contributed by atoms with Crippen molar-refractivity contribution in [3.05, 3.63) is 95.6 Å². The van der Waals surface area contributed by atoms with Crippen LogP contribution in [0.5, 0.6) is 5.75 Å². The van der Waals surface area contributed by atoms with Crippen LogP contribution in [0.15, 0.2) is 84.0 Å². The second-order valence-electron chi connectivity index (χ2n) is 9.18. The number of hydrazone groups is 1. The molecule has 1 heterocycles. The maximum Gasteiger partial charge on any atom is 0.272 e. The van der Waals surface area contributed by atoms with Gasteiger partial charge in [-0.2, -0.15) is 5.10 Å². The van der Waals surface area contributed by atoms with Crippen LogP contribution < -0.4 is 10.2 Å². The first kappa shape index (κ1) is 24.1. The lowest BCUT2D eigenvalue weighted by Gasteiger charge is -2.11. The van der Waals surface area contributed by atoms with Crippen molar-refractivity contribution in [1.82, 2.24) is 10.4 Å². The number of nitrogens with one attached hydrogen (secondary N) is 1. The van der Waals surface area contributed by atoms with Gasteiger partial charge in [-0.1, -0.05) is 56.3 Å². The minimum atomic E-state index is -0.275. The van der Waals surface area contributed by atoms with E-state index >= 15 is 0 Å². The molecule has 0 aliphatic rings. The smallest absolute Gasteiger partial charge is 0.272 e. The summed E-state index contributed by atoms with van der Waals surface area (Å²) in [7, 11) is 0. The minimum absolute atomic E-state index is 0.114. The number of fused-ring (bicyclic) bond motifs is 1. The Kier molecular flexibility index (Phi) is 7.25. The van der Waals surface area contributed by atoms with Crippen LogP contribution in [-0.4, -0.2) is 22.7 Å². The molecule has 178 valence electrons. The Hall–Kier alpha value is -3.99. The first-order chi connectivity index (χ1) is 16.8. The van der Waals surface area contributed by atoms with Crippen LogP contribution in [0.1, 0.15) is 62.0 Å². The molecule has 35 heavy (non-hydrogen) atoms. The normalized spacial score (nSPS) is 11.8. The summed E-state index contributed by atoms with van der Waals surface area (Å²) in [5, 5.41) is 5.14. The summed E-state index contributed by atoms with van der Waals surface area (Å²) in [6, 6.07) is 25.5. The third-order valence-corrected chi connectivity index (χ3v) is 5.80. The summed E-state index contributed by atoms with van der Waals surface area (Å²) in [6.07, 6.45) is 0.114. The van der Waals surface area contributed by atoms with Crippen LogP contribution in [0, 0.1) is 0 Å². The number of carbonyl (C=O) groups excluding carboxylic acids is 1. The Morgan fingerprint density at radius 1 is 0.914 bits per heavy atom. The standard InChI is InChI=1S/C30H31N3O2/c1-19(2)22-10-12-24(13-11-22)29-18-27(26-8-6-7-9-28(26)31-29)30(34)33-32-21(5)23-14-16-25(17-15-23)35-20(3)4/h6-20H,1-5H3,(H,33,34)/b32-21-. The molecule has 0 saturated carbocycles. The molecule has 0 aliphatic heterocycles. The summed E-state index contributed by atoms with van der Waals surface area (Å²) < 4.78 is 5.70. The zero-order chi connectivity index (χ0) is 24.9. The van der Waals surface area contributed by atoms with Gasteiger partial charge in [-0.05, 0) is 74.2 Å². The topological polar surface area (TPSA) is 63.6 Å². The van der Waals surface area contributed by atoms with E-state index in [0.29, 0.717) is 17.2 Å². The van der Waals surface area contributed by atoms with Gasteiger partial charge in [-0.3, -0.25) is 4.79 Å². The fourth-order valence-electron chi connectivity index (χ4n) is 3.86. The molecular weight excluding hydrogens is 434 g/mol. The molecule has 4 aromatic rings. The van der Waals surface area contributed by atoms with E-state index in [9.17, 15) is 4.79 Å². The molecule has 0 atom stereocenters. The quantitative estimate of drug-likeness (QED) is 0.237. The maximum absolute atomic E-state index is 13.2. The van der Waals surface area contributed by atoms with Crippen LogP contribution in [-0.2, 0) is 0 Å². The highest BCUT2D eigenvalue weighted by Gasteiger charge is 2.14. The summed E-state index contributed by atoms with van der Waals surface area (Å²) in [5.41, 5.74) is 8.64. The number of rotatable bonds is 7. The van der Waals surface area contributed by atoms with Crippen molar-refractivity contribution in [3.63, 3.8) is 0 Å². The largest absolute Gasteiger partial charge is 0.491 e. The molecule has 0 spiro atoms. The highest BCUT2D eigenvalue weighted by Crippen LogP contribution is 2.26. The van der Waals surface area contributed by atoms with Crippen molar-refractivity contribution in [2.45, 2.75) is 46.6 Å². The highest BCUT2D eigenvalue weighted by molar-refractivity contribution is 6.08. The summed E-state index contributed by atoms with van der Waals surface area (Å²) in [5.74, 6) is 0.982. The maximum atomic E-state index is 13.2. The van der Waals surface area contributed by atoms with Crippen molar-refractivity contribution in [2.24, 2.45) is 5.10 Å². The first-order valence-electron chi connectivity index (χ1n) is 11.9. The van der Waals surface area contributed by atoms with E-state index in [2.05, 4.69) is 48.6 Å². The van der Waals surface area contributed by atoms with Crippen LogP contribution in [0.3, 0.4) is 0 Å². The predicted molar refractivity (Wildman–Crippen MR) is 143 cm³/mol. The summed E-state index contributed by atoms with van der Waals surface area (Å²) in [4.78, 5) is 18.0. The van der Waals surface area contributed by atoms with Crippen molar-refractivity contribution in [3.8, 4) is 17.0 Å². The second-order valence-corrected chi connectivity index (χ2v) is 9.18. The van der Waals surface area contributed by atoms with E-state index in [1.807, 2.05) is 75.4 Å². The van der Waals surface area contributed by atoms with Gasteiger partial charge < -0.3 is 4.74 Å². The van der Waals surface area contributed by atoms with Crippen molar-refractivity contribution in [2.75, 3.05) is 0 Å². The highest BCUT2D eigenvalue weighted by atomic mass is 16.5. The molecule has 0 unspecified atom stereocenters. The number of amides is 1. The molecule has 0 aliphatic carbocycles. The lowest BCUT2D eigenvalue weighted by molar-refractivity contribution is 0.0956. The Balaban J connectivity index is 1.61. The van der Waals surface area contributed by atoms with Crippen molar-refractivity contribution >= 4 is 22.5 Å². The number of nitrogens with zero attached hydrogens (tertiary/aromatic N) is 2. The van der Waals surface area contributed by atoms with Crippen LogP contribution >= 0.6 is 0 Å². The van der Waals surface area contributed by atoms with Gasteiger partial charge in [0.2, 0.25) is 0 Å². The molecule has 5 nitrogen and oxygen atoms in total. The molecule has 1 N–H and O–H groups in total. The number of hydrogen-bond acceptors (Lipinski definition) is 4. The molecule has 4 rings (SSSR count). The third kappa shape index (κ3) is 5.75. The number of benzene rings is 3. The molecule has 0 saturated heterocycles. The van der Waals surface area contributed by atoms with Gasteiger partial charge in [0.05, 0.1) is 28.6 Å². The first-order valence-corrected chi connectivity index (χ1v) is 11.9. The SMILES string of the molecule is C/C(=N/NC(=O)c1cc(-c2ccc(C(C)C)cc2)nc2ccccc12)c1ccc(OC(C)C)cc1. The van der Waals surface area contributed by atoms with Gasteiger partial charge in [-0.25, -0.2) is 10.4 Å². The van der Waals surface area contributed by atoms with E-state index in [-0.39, 0.29) is 12.0 Å². The van der Waals surface area contributed by atoms with Gasteiger partial charge in [0.1, 0.15) is 5.75 Å². The van der Waals surface area contributed by atoms with Gasteiger partial charge in [0, 0.05) is 10.9 Å². The van der Waals surface area contributed by atoms with E-state index in [0.717, 1.165) is 33.5 Å². The molecule has 5 heteroatoms. The van der Waals surface area contributed by atoms with Crippen LogP contribution in [0.2, 0.25) is 0 Å². The molecule has 1 amide bonds. The molecule has 0 fully saturated rings. The summed E-state index contributed by atoms with van der Waals surface area (Å²) in [6.45, 7) is 10.2. The Bertz CT molecular complexity index is 1360. The van der Waals surface area contributed by atoms with E-state index in [1.165, 1.54) is 5.56 Å². The second kappa shape index (κ2) is 10.5. The van der Waals surface area contributed by atoms with Gasteiger partial charge in [-0.15, -0.1) is 0 Å². The predicted octanol–water partition coefficient (Wildman–Crippen LogP) is 6.97. The Morgan fingerprint density at radius 3 is 2.26 bits per heavy atom. The number of pyridine rings is 1. The Morgan fingerprint density at radius 2 is 1.60 bits per heavy atom. The molecule has 3 aromatic carbocycles. The average molecular weight is 466 g/mol. The molecular formula is C30H31N3O2. The van der Waals surface area contributed by atoms with E-state index < -0.39 is 0 Å². The van der Waals surface area contributed by atoms with Gasteiger partial charge >= 0.3 is 0 Å². The number of hydrogen-bond donors (Lipinski definition) is 1. The van der Waals surface area contributed by atoms with Crippen molar-refractivity contribution in [1.29, 1.82) is 0 Å². The zero-order valence-electron chi connectivity index (χ0n) is 20.9. The van der Waals surface area contributed by atoms with Crippen LogP contribution in [0.4, 0.5) is 0 Å². The number of ether oxygens (including phenoxy) is 1.